The molecule has 1 aliphatic heterocycles. The van der Waals surface area contributed by atoms with E-state index in [0.29, 0.717) is 17.9 Å². The van der Waals surface area contributed by atoms with E-state index in [1.807, 2.05) is 0 Å². The largest absolute Gasteiger partial charge is 0.448 e. The van der Waals surface area contributed by atoms with Crippen LogP contribution in [0.5, 0.6) is 0 Å². The smallest absolute Gasteiger partial charge is 0.416 e. The maximum atomic E-state index is 13.2. The highest BCUT2D eigenvalue weighted by atomic mass is 19.4. The van der Waals surface area contributed by atoms with E-state index < -0.39 is 23.4 Å². The molecule has 0 unspecified atom stereocenters. The molecule has 150 valence electrons. The van der Waals surface area contributed by atoms with Gasteiger partial charge in [0.1, 0.15) is 11.9 Å². The zero-order valence-electron chi connectivity index (χ0n) is 15.5. The Morgan fingerprint density at radius 2 is 2.04 bits per heavy atom. The summed E-state index contributed by atoms with van der Waals surface area (Å²) < 4.78 is 50.4. The highest BCUT2D eigenvalue weighted by molar-refractivity contribution is 5.93. The summed E-state index contributed by atoms with van der Waals surface area (Å²) in [5, 5.41) is 0. The van der Waals surface area contributed by atoms with Gasteiger partial charge in [0.2, 0.25) is 0 Å². The normalized spacial score (nSPS) is 22.0. The van der Waals surface area contributed by atoms with E-state index in [4.69, 9.17) is 9.15 Å². The molecule has 8 heteroatoms. The summed E-state index contributed by atoms with van der Waals surface area (Å²) in [5.41, 5.74) is -0.492. The van der Waals surface area contributed by atoms with Crippen molar-refractivity contribution >= 4 is 5.91 Å². The molecular formula is C20H21F3N2O3. The Morgan fingerprint density at radius 1 is 1.29 bits per heavy atom. The minimum atomic E-state index is -4.43. The summed E-state index contributed by atoms with van der Waals surface area (Å²) in [4.78, 5) is 19.0. The van der Waals surface area contributed by atoms with Crippen LogP contribution in [-0.4, -0.2) is 34.5 Å². The van der Waals surface area contributed by atoms with E-state index in [1.165, 1.54) is 12.5 Å². The zero-order chi connectivity index (χ0) is 19.9. The topological polar surface area (TPSA) is 55.6 Å². The maximum Gasteiger partial charge on any atom is 0.416 e. The number of ether oxygens (including phenoxy) is 1. The first-order valence-corrected chi connectivity index (χ1v) is 9.31. The Bertz CT molecular complexity index is 872. The Labute approximate surface area is 160 Å². The molecule has 2 aromatic rings. The van der Waals surface area contributed by atoms with Gasteiger partial charge in [0.25, 0.3) is 5.91 Å². The predicted molar refractivity (Wildman–Crippen MR) is 93.6 cm³/mol. The number of aryl methyl sites for hydroxylation is 1. The lowest BCUT2D eigenvalue weighted by atomic mass is 9.91. The van der Waals surface area contributed by atoms with Crippen LogP contribution in [-0.2, 0) is 10.9 Å². The molecule has 4 rings (SSSR count). The number of benzene rings is 1. The Kier molecular flexibility index (Phi) is 4.69. The van der Waals surface area contributed by atoms with Crippen molar-refractivity contribution in [2.75, 3.05) is 13.2 Å². The van der Waals surface area contributed by atoms with Crippen molar-refractivity contribution < 1.29 is 27.1 Å². The van der Waals surface area contributed by atoms with E-state index in [9.17, 15) is 18.0 Å². The van der Waals surface area contributed by atoms with Gasteiger partial charge in [-0.3, -0.25) is 4.79 Å². The fourth-order valence-electron chi connectivity index (χ4n) is 4.25. The fraction of sp³-hybridized carbons (Fsp3) is 0.500. The third kappa shape index (κ3) is 3.30. The van der Waals surface area contributed by atoms with Gasteiger partial charge in [-0.1, -0.05) is 25.0 Å². The molecular weight excluding hydrogens is 373 g/mol. The number of carbonyl (C=O) groups excluding carboxylic acids is 1. The monoisotopic (exact) mass is 394 g/mol. The van der Waals surface area contributed by atoms with Crippen LogP contribution in [0.1, 0.15) is 59.2 Å². The quantitative estimate of drug-likeness (QED) is 0.751. The molecule has 1 aliphatic carbocycles. The van der Waals surface area contributed by atoms with Crippen molar-refractivity contribution in [3.05, 3.63) is 53.2 Å². The number of nitrogens with zero attached hydrogens (tertiary/aromatic N) is 2. The van der Waals surface area contributed by atoms with Crippen LogP contribution in [0.2, 0.25) is 0 Å². The number of carbonyl (C=O) groups is 1. The SMILES string of the molecule is Cc1ocnc1C(=O)N1C[C@H](c2cccc(C(F)(F)F)c2)OCC12CCCC2. The van der Waals surface area contributed by atoms with Gasteiger partial charge in [-0.2, -0.15) is 13.2 Å². The number of hydrogen-bond donors (Lipinski definition) is 0. The molecule has 2 heterocycles. The molecule has 1 aromatic heterocycles. The fourth-order valence-corrected chi connectivity index (χ4v) is 4.25. The summed E-state index contributed by atoms with van der Waals surface area (Å²) in [6.07, 6.45) is -0.224. The number of aromatic nitrogens is 1. The lowest BCUT2D eigenvalue weighted by Gasteiger charge is -2.47. The second kappa shape index (κ2) is 6.92. The van der Waals surface area contributed by atoms with E-state index in [-0.39, 0.29) is 18.1 Å². The summed E-state index contributed by atoms with van der Waals surface area (Å²) in [7, 11) is 0. The van der Waals surface area contributed by atoms with E-state index in [2.05, 4.69) is 4.98 Å². The van der Waals surface area contributed by atoms with Gasteiger partial charge in [-0.25, -0.2) is 4.98 Å². The number of halogens is 3. The van der Waals surface area contributed by atoms with Gasteiger partial charge in [-0.15, -0.1) is 0 Å². The molecule has 28 heavy (non-hydrogen) atoms. The van der Waals surface area contributed by atoms with Crippen LogP contribution in [0.25, 0.3) is 0 Å². The Hall–Kier alpha value is -2.35. The molecule has 1 atom stereocenters. The van der Waals surface area contributed by atoms with Crippen molar-refractivity contribution in [3.8, 4) is 0 Å². The zero-order valence-corrected chi connectivity index (χ0v) is 15.5. The lowest BCUT2D eigenvalue weighted by Crippen LogP contribution is -2.58. The third-order valence-corrected chi connectivity index (χ3v) is 5.79. The van der Waals surface area contributed by atoms with Crippen molar-refractivity contribution in [2.24, 2.45) is 0 Å². The van der Waals surface area contributed by atoms with Gasteiger partial charge in [0.15, 0.2) is 12.1 Å². The average Bonchev–Trinajstić information content (AvgIpc) is 3.31. The average molecular weight is 394 g/mol. The second-order valence-corrected chi connectivity index (χ2v) is 7.53. The number of morpholine rings is 1. The van der Waals surface area contributed by atoms with E-state index in [1.54, 1.807) is 17.9 Å². The molecule has 0 N–H and O–H groups in total. The first kappa shape index (κ1) is 19.0. The highest BCUT2D eigenvalue weighted by Crippen LogP contribution is 2.42. The number of hydrogen-bond acceptors (Lipinski definition) is 4. The summed E-state index contributed by atoms with van der Waals surface area (Å²) in [6, 6.07) is 5.11. The first-order chi connectivity index (χ1) is 13.3. The summed E-state index contributed by atoms with van der Waals surface area (Å²) in [5.74, 6) is 0.175. The molecule has 2 fully saturated rings. The Balaban J connectivity index is 1.65. The first-order valence-electron chi connectivity index (χ1n) is 9.31. The molecule has 2 aliphatic rings. The maximum absolute atomic E-state index is 13.2. The molecule has 1 saturated carbocycles. The summed E-state index contributed by atoms with van der Waals surface area (Å²) in [6.45, 7) is 2.16. The summed E-state index contributed by atoms with van der Waals surface area (Å²) >= 11 is 0. The molecule has 1 spiro atoms. The van der Waals surface area contributed by atoms with Crippen LogP contribution >= 0.6 is 0 Å². The van der Waals surface area contributed by atoms with Crippen LogP contribution in [0.15, 0.2) is 35.1 Å². The van der Waals surface area contributed by atoms with Gasteiger partial charge in [0.05, 0.1) is 24.3 Å². The standard InChI is InChI=1S/C20H21F3N2O3/c1-13-17(24-12-28-13)18(26)25-10-16(27-11-19(25)7-2-3-8-19)14-5-4-6-15(9-14)20(21,22)23/h4-6,9,12,16H,2-3,7-8,10-11H2,1H3/t16-/m1/s1. The molecule has 1 aromatic carbocycles. The minimum absolute atomic E-state index is 0.187. The number of alkyl halides is 3. The number of amides is 1. The van der Waals surface area contributed by atoms with Crippen LogP contribution in [0.4, 0.5) is 13.2 Å². The third-order valence-electron chi connectivity index (χ3n) is 5.79. The second-order valence-electron chi connectivity index (χ2n) is 7.53. The molecule has 1 amide bonds. The van der Waals surface area contributed by atoms with Crippen LogP contribution < -0.4 is 0 Å². The van der Waals surface area contributed by atoms with Crippen molar-refractivity contribution in [2.45, 2.75) is 50.4 Å². The molecule has 1 saturated heterocycles. The molecule has 0 radical (unpaired) electrons. The van der Waals surface area contributed by atoms with Gasteiger partial charge < -0.3 is 14.1 Å². The van der Waals surface area contributed by atoms with Gasteiger partial charge >= 0.3 is 6.18 Å². The van der Waals surface area contributed by atoms with Crippen molar-refractivity contribution in [1.82, 2.24) is 9.88 Å². The minimum Gasteiger partial charge on any atom is -0.448 e. The van der Waals surface area contributed by atoms with E-state index in [0.717, 1.165) is 37.8 Å². The van der Waals surface area contributed by atoms with E-state index >= 15 is 0 Å². The number of rotatable bonds is 2. The Morgan fingerprint density at radius 3 is 2.68 bits per heavy atom. The predicted octanol–water partition coefficient (Wildman–Crippen LogP) is 4.53. The molecule has 0 bridgehead atoms. The highest BCUT2D eigenvalue weighted by Gasteiger charge is 2.48. The van der Waals surface area contributed by atoms with Crippen LogP contribution in [0.3, 0.4) is 0 Å². The van der Waals surface area contributed by atoms with Gasteiger partial charge in [0, 0.05) is 0 Å². The van der Waals surface area contributed by atoms with Crippen molar-refractivity contribution in [1.29, 1.82) is 0 Å². The lowest BCUT2D eigenvalue weighted by molar-refractivity contribution is -0.138. The molecule has 5 nitrogen and oxygen atoms in total. The number of oxazole rings is 1. The van der Waals surface area contributed by atoms with Crippen molar-refractivity contribution in [3.63, 3.8) is 0 Å². The van der Waals surface area contributed by atoms with Crippen LogP contribution in [0, 0.1) is 6.92 Å². The van der Waals surface area contributed by atoms with Gasteiger partial charge in [-0.05, 0) is 37.5 Å².